The van der Waals surface area contributed by atoms with E-state index in [9.17, 15) is 4.79 Å². The fourth-order valence-corrected chi connectivity index (χ4v) is 0.310. The van der Waals surface area contributed by atoms with Gasteiger partial charge in [0.2, 0.25) is 5.91 Å². The minimum absolute atomic E-state index is 0.319. The first-order valence-corrected chi connectivity index (χ1v) is 2.49. The van der Waals surface area contributed by atoms with Gasteiger partial charge in [-0.05, 0) is 6.92 Å². The number of aliphatic hydroxyl groups is 3. The number of primary amides is 1. The molecule has 0 bridgehead atoms. The van der Waals surface area contributed by atoms with Gasteiger partial charge in [0.15, 0.2) is 0 Å². The second-order valence-corrected chi connectivity index (χ2v) is 1.87. The molecule has 5 heteroatoms. The molecule has 5 nitrogen and oxygen atoms in total. The summed E-state index contributed by atoms with van der Waals surface area (Å²) in [5.74, 6) is -3.80. The van der Waals surface area contributed by atoms with Crippen LogP contribution in [-0.4, -0.2) is 27.2 Å². The van der Waals surface area contributed by atoms with Gasteiger partial charge in [0.25, 0.3) is 5.97 Å². The lowest BCUT2D eigenvalue weighted by Gasteiger charge is -2.13. The minimum atomic E-state index is -2.95. The molecule has 0 aromatic rings. The van der Waals surface area contributed by atoms with Crippen LogP contribution in [0.3, 0.4) is 0 Å². The van der Waals surface area contributed by atoms with E-state index in [0.717, 1.165) is 13.0 Å². The summed E-state index contributed by atoms with van der Waals surface area (Å²) in [7, 11) is 0. The third-order valence-corrected chi connectivity index (χ3v) is 0.888. The van der Waals surface area contributed by atoms with Gasteiger partial charge >= 0.3 is 0 Å². The molecular formula is C5H9NO4. The summed E-state index contributed by atoms with van der Waals surface area (Å²) in [6.45, 7) is 1.16. The van der Waals surface area contributed by atoms with Crippen LogP contribution in [0.15, 0.2) is 11.6 Å². The molecule has 0 unspecified atom stereocenters. The fraction of sp³-hybridized carbons (Fsp3) is 0.400. The number of amides is 1. The van der Waals surface area contributed by atoms with Crippen molar-refractivity contribution in [2.24, 2.45) is 5.73 Å². The zero-order chi connectivity index (χ0) is 8.36. The SMILES string of the molecule is CC(=CC(N)=O)C(O)(O)O. The predicted octanol–water partition coefficient (Wildman–Crippen LogP) is -1.95. The van der Waals surface area contributed by atoms with E-state index in [2.05, 4.69) is 5.73 Å². The van der Waals surface area contributed by atoms with Gasteiger partial charge in [0, 0.05) is 11.6 Å². The molecule has 0 saturated carbocycles. The smallest absolute Gasteiger partial charge is 0.300 e. The molecule has 0 aromatic carbocycles. The quantitative estimate of drug-likeness (QED) is 0.269. The molecule has 1 amide bonds. The molecule has 0 aliphatic heterocycles. The van der Waals surface area contributed by atoms with Gasteiger partial charge in [0.05, 0.1) is 0 Å². The molecule has 0 aliphatic rings. The number of carbonyl (C=O) groups excluding carboxylic acids is 1. The average molecular weight is 147 g/mol. The Kier molecular flexibility index (Phi) is 2.53. The van der Waals surface area contributed by atoms with E-state index in [4.69, 9.17) is 15.3 Å². The number of hydrogen-bond donors (Lipinski definition) is 4. The van der Waals surface area contributed by atoms with Gasteiger partial charge in [0.1, 0.15) is 0 Å². The maximum Gasteiger partial charge on any atom is 0.300 e. The summed E-state index contributed by atoms with van der Waals surface area (Å²) >= 11 is 0. The number of nitrogens with two attached hydrogens (primary N) is 1. The Balaban J connectivity index is 4.35. The monoisotopic (exact) mass is 147 g/mol. The summed E-state index contributed by atoms with van der Waals surface area (Å²) in [5.41, 5.74) is 4.32. The first-order chi connectivity index (χ1) is 4.34. The molecule has 0 heterocycles. The van der Waals surface area contributed by atoms with Crippen LogP contribution in [0.1, 0.15) is 6.92 Å². The molecule has 0 fully saturated rings. The number of carbonyl (C=O) groups is 1. The van der Waals surface area contributed by atoms with Crippen LogP contribution in [0, 0.1) is 0 Å². The third kappa shape index (κ3) is 3.18. The van der Waals surface area contributed by atoms with E-state index in [1.54, 1.807) is 0 Å². The van der Waals surface area contributed by atoms with Crippen LogP contribution in [0.25, 0.3) is 0 Å². The van der Waals surface area contributed by atoms with Crippen molar-refractivity contribution in [1.29, 1.82) is 0 Å². The summed E-state index contributed by atoms with van der Waals surface area (Å²) in [4.78, 5) is 10.1. The maximum absolute atomic E-state index is 10.1. The zero-order valence-electron chi connectivity index (χ0n) is 5.40. The van der Waals surface area contributed by atoms with Gasteiger partial charge in [-0.3, -0.25) is 4.79 Å². The molecule has 0 atom stereocenters. The predicted molar refractivity (Wildman–Crippen MR) is 32.3 cm³/mol. The first kappa shape index (κ1) is 9.09. The van der Waals surface area contributed by atoms with E-state index in [1.165, 1.54) is 0 Å². The molecule has 5 N–H and O–H groups in total. The Morgan fingerprint density at radius 2 is 1.90 bits per heavy atom. The van der Waals surface area contributed by atoms with Crippen LogP contribution >= 0.6 is 0 Å². The van der Waals surface area contributed by atoms with Crippen molar-refractivity contribution in [3.8, 4) is 0 Å². The van der Waals surface area contributed by atoms with Gasteiger partial charge in [-0.1, -0.05) is 0 Å². The molecular weight excluding hydrogens is 138 g/mol. The van der Waals surface area contributed by atoms with Gasteiger partial charge in [-0.15, -0.1) is 0 Å². The summed E-state index contributed by atoms with van der Waals surface area (Å²) in [5, 5.41) is 25.1. The van der Waals surface area contributed by atoms with E-state index in [-0.39, 0.29) is 5.57 Å². The third-order valence-electron chi connectivity index (χ3n) is 0.888. The van der Waals surface area contributed by atoms with Crippen molar-refractivity contribution in [3.05, 3.63) is 11.6 Å². The van der Waals surface area contributed by atoms with E-state index in [1.807, 2.05) is 0 Å². The zero-order valence-corrected chi connectivity index (χ0v) is 5.40. The van der Waals surface area contributed by atoms with Crippen LogP contribution in [0.5, 0.6) is 0 Å². The van der Waals surface area contributed by atoms with Crippen molar-refractivity contribution in [2.75, 3.05) is 0 Å². The van der Waals surface area contributed by atoms with Crippen molar-refractivity contribution < 1.29 is 20.1 Å². The van der Waals surface area contributed by atoms with Crippen LogP contribution < -0.4 is 5.73 Å². The van der Waals surface area contributed by atoms with Crippen molar-refractivity contribution in [1.82, 2.24) is 0 Å². The molecule has 0 spiro atoms. The molecule has 0 rings (SSSR count). The topological polar surface area (TPSA) is 104 Å². The highest BCUT2D eigenvalue weighted by Crippen LogP contribution is 2.06. The fourth-order valence-electron chi connectivity index (χ4n) is 0.310. The van der Waals surface area contributed by atoms with Gasteiger partial charge in [-0.2, -0.15) is 0 Å². The van der Waals surface area contributed by atoms with Gasteiger partial charge < -0.3 is 21.1 Å². The number of rotatable bonds is 2. The Morgan fingerprint density at radius 3 is 2.00 bits per heavy atom. The van der Waals surface area contributed by atoms with E-state index >= 15 is 0 Å². The lowest BCUT2D eigenvalue weighted by molar-refractivity contribution is -0.281. The van der Waals surface area contributed by atoms with Gasteiger partial charge in [-0.25, -0.2) is 0 Å². The largest absolute Gasteiger partial charge is 0.366 e. The lowest BCUT2D eigenvalue weighted by atomic mass is 10.2. The van der Waals surface area contributed by atoms with Crippen LogP contribution in [-0.2, 0) is 4.79 Å². The Labute approximate surface area is 57.4 Å². The highest BCUT2D eigenvalue weighted by Gasteiger charge is 2.20. The summed E-state index contributed by atoms with van der Waals surface area (Å²) < 4.78 is 0. The number of hydrogen-bond acceptors (Lipinski definition) is 4. The molecule has 58 valence electrons. The molecule has 0 aromatic heterocycles. The highest BCUT2D eigenvalue weighted by atomic mass is 16.7. The molecule has 10 heavy (non-hydrogen) atoms. The summed E-state index contributed by atoms with van der Waals surface area (Å²) in [6, 6.07) is 0. The van der Waals surface area contributed by atoms with E-state index in [0.29, 0.717) is 0 Å². The highest BCUT2D eigenvalue weighted by molar-refractivity contribution is 5.86. The van der Waals surface area contributed by atoms with Crippen LogP contribution in [0.4, 0.5) is 0 Å². The Bertz CT molecular complexity index is 167. The second-order valence-electron chi connectivity index (χ2n) is 1.87. The van der Waals surface area contributed by atoms with Crippen molar-refractivity contribution >= 4 is 5.91 Å². The van der Waals surface area contributed by atoms with Crippen molar-refractivity contribution in [3.63, 3.8) is 0 Å². The average Bonchev–Trinajstić information content (AvgIpc) is 1.60. The Morgan fingerprint density at radius 1 is 1.50 bits per heavy atom. The second kappa shape index (κ2) is 2.78. The minimum Gasteiger partial charge on any atom is -0.366 e. The standard InChI is InChI=1S/C5H9NO4/c1-3(2-4(6)7)5(8,9)10/h2,8-10H,1H3,(H2,6,7). The normalized spacial score (nSPS) is 13.4. The molecule has 0 radical (unpaired) electrons. The Hall–Kier alpha value is -0.910. The van der Waals surface area contributed by atoms with Crippen molar-refractivity contribution in [2.45, 2.75) is 12.9 Å². The maximum atomic E-state index is 10.1. The molecule has 0 saturated heterocycles. The summed E-state index contributed by atoms with van der Waals surface area (Å²) in [6.07, 6.45) is 0.722. The van der Waals surface area contributed by atoms with E-state index < -0.39 is 11.9 Å². The first-order valence-electron chi connectivity index (χ1n) is 2.49. The van der Waals surface area contributed by atoms with Crippen LogP contribution in [0.2, 0.25) is 0 Å². The lowest BCUT2D eigenvalue weighted by Crippen LogP contribution is -2.29. The molecule has 0 aliphatic carbocycles.